The summed E-state index contributed by atoms with van der Waals surface area (Å²) in [5.41, 5.74) is 1.29. The number of benzene rings is 1. The van der Waals surface area contributed by atoms with E-state index in [1.165, 1.54) is 12.0 Å². The smallest absolute Gasteiger partial charge is 0.244 e. The molecule has 1 unspecified atom stereocenters. The third kappa shape index (κ3) is 7.12. The minimum Gasteiger partial charge on any atom is -0.497 e. The molecule has 27 heavy (non-hydrogen) atoms. The van der Waals surface area contributed by atoms with E-state index < -0.39 is 0 Å². The van der Waals surface area contributed by atoms with Gasteiger partial charge in [-0.1, -0.05) is 19.1 Å². The molecule has 2 N–H and O–H groups in total. The molecular weight excluding hydrogens is 340 g/mol. The molecule has 1 atom stereocenters. The Hall–Kier alpha value is -2.24. The topological polar surface area (TPSA) is 66.0 Å². The molecule has 1 heterocycles. The van der Waals surface area contributed by atoms with Crippen molar-refractivity contribution in [3.05, 3.63) is 29.8 Å². The van der Waals surface area contributed by atoms with Gasteiger partial charge in [0, 0.05) is 26.2 Å². The van der Waals surface area contributed by atoms with Crippen LogP contribution in [0.25, 0.3) is 0 Å². The maximum atomic E-state index is 12.3. The molecule has 150 valence electrons. The molecule has 1 aromatic rings. The molecule has 1 fully saturated rings. The van der Waals surface area contributed by atoms with Crippen molar-refractivity contribution >= 4 is 11.9 Å². The summed E-state index contributed by atoms with van der Waals surface area (Å²) in [6, 6.07) is 8.22. The summed E-state index contributed by atoms with van der Waals surface area (Å²) in [6.07, 6.45) is 4.43. The van der Waals surface area contributed by atoms with E-state index in [0.717, 1.165) is 51.2 Å². The predicted octanol–water partition coefficient (Wildman–Crippen LogP) is 2.76. The zero-order chi connectivity index (χ0) is 19.5. The van der Waals surface area contributed by atoms with Crippen LogP contribution in [0.2, 0.25) is 0 Å². The highest BCUT2D eigenvalue weighted by atomic mass is 16.5. The highest BCUT2D eigenvalue weighted by Gasteiger charge is 2.16. The molecular formula is C21H34N4O2. The Bertz CT molecular complexity index is 595. The van der Waals surface area contributed by atoms with Gasteiger partial charge >= 0.3 is 0 Å². The van der Waals surface area contributed by atoms with E-state index in [2.05, 4.69) is 34.7 Å². The van der Waals surface area contributed by atoms with E-state index in [1.54, 1.807) is 7.11 Å². The number of methoxy groups -OCH3 is 1. The minimum atomic E-state index is 0.124. The van der Waals surface area contributed by atoms with E-state index in [-0.39, 0.29) is 12.5 Å². The lowest BCUT2D eigenvalue weighted by molar-refractivity contribution is -0.130. The molecule has 1 saturated heterocycles. The first-order chi connectivity index (χ1) is 13.1. The van der Waals surface area contributed by atoms with Crippen LogP contribution in [-0.2, 0) is 4.79 Å². The first-order valence-electron chi connectivity index (χ1n) is 10.1. The van der Waals surface area contributed by atoms with Crippen LogP contribution >= 0.6 is 0 Å². The summed E-state index contributed by atoms with van der Waals surface area (Å²) in [4.78, 5) is 18.7. The van der Waals surface area contributed by atoms with Gasteiger partial charge in [0.15, 0.2) is 5.96 Å². The lowest BCUT2D eigenvalue weighted by atomic mass is 9.98. The molecule has 2 rings (SSSR count). The van der Waals surface area contributed by atoms with Crippen LogP contribution in [0.4, 0.5) is 0 Å². The van der Waals surface area contributed by atoms with Crippen LogP contribution in [0.3, 0.4) is 0 Å². The third-order valence-electron chi connectivity index (χ3n) is 4.98. The standard InChI is InChI=1S/C21H34N4O2/c1-4-22-21(24-16-20(26)25-14-6-5-7-15-25)23-13-12-17(2)18-8-10-19(27-3)11-9-18/h8-11,17H,4-7,12-16H2,1-3H3,(H2,22,23,24). The number of hydrogen-bond acceptors (Lipinski definition) is 3. The molecule has 0 saturated carbocycles. The van der Waals surface area contributed by atoms with Crippen LogP contribution in [0.5, 0.6) is 5.75 Å². The number of amides is 1. The normalized spacial score (nSPS) is 16.0. The fourth-order valence-corrected chi connectivity index (χ4v) is 3.24. The van der Waals surface area contributed by atoms with E-state index in [9.17, 15) is 4.79 Å². The number of guanidine groups is 1. The molecule has 0 aliphatic carbocycles. The Labute approximate surface area is 163 Å². The van der Waals surface area contributed by atoms with E-state index in [1.807, 2.05) is 24.0 Å². The molecule has 6 heteroatoms. The summed E-state index contributed by atoms with van der Waals surface area (Å²) in [7, 11) is 1.68. The van der Waals surface area contributed by atoms with E-state index >= 15 is 0 Å². The average molecular weight is 375 g/mol. The second kappa shape index (κ2) is 11.5. The van der Waals surface area contributed by atoms with Gasteiger partial charge in [-0.15, -0.1) is 0 Å². The SMILES string of the molecule is CCNC(=NCC(=O)N1CCCCC1)NCCC(C)c1ccc(OC)cc1. The van der Waals surface area contributed by atoms with Crippen molar-refractivity contribution in [2.24, 2.45) is 4.99 Å². The molecule has 0 spiro atoms. The molecule has 1 amide bonds. The van der Waals surface area contributed by atoms with Crippen LogP contribution in [0.15, 0.2) is 29.3 Å². The fraction of sp³-hybridized carbons (Fsp3) is 0.619. The summed E-state index contributed by atoms with van der Waals surface area (Å²) in [5.74, 6) is 2.15. The maximum Gasteiger partial charge on any atom is 0.244 e. The summed E-state index contributed by atoms with van der Waals surface area (Å²) < 4.78 is 5.21. The number of rotatable bonds is 8. The number of carbonyl (C=O) groups excluding carboxylic acids is 1. The molecule has 1 aliphatic heterocycles. The average Bonchev–Trinajstić information content (AvgIpc) is 2.72. The zero-order valence-corrected chi connectivity index (χ0v) is 17.0. The van der Waals surface area contributed by atoms with Crippen molar-refractivity contribution in [2.75, 3.05) is 39.8 Å². The Morgan fingerprint density at radius 3 is 2.52 bits per heavy atom. The largest absolute Gasteiger partial charge is 0.497 e. The van der Waals surface area contributed by atoms with Gasteiger partial charge in [-0.05, 0) is 56.2 Å². The Morgan fingerprint density at radius 2 is 1.89 bits per heavy atom. The Kier molecular flexibility index (Phi) is 8.95. The number of aliphatic imine (C=N–C) groups is 1. The molecule has 0 aromatic heterocycles. The van der Waals surface area contributed by atoms with Crippen molar-refractivity contribution in [1.29, 1.82) is 0 Å². The monoisotopic (exact) mass is 374 g/mol. The first kappa shape index (κ1) is 21.1. The predicted molar refractivity (Wildman–Crippen MR) is 110 cm³/mol. The number of hydrogen-bond donors (Lipinski definition) is 2. The number of ether oxygens (including phenoxy) is 1. The summed E-state index contributed by atoms with van der Waals surface area (Å²) in [6.45, 7) is 7.78. The molecule has 1 aliphatic rings. The second-order valence-corrected chi connectivity index (χ2v) is 7.03. The number of piperidine rings is 1. The maximum absolute atomic E-state index is 12.3. The van der Waals surface area contributed by atoms with Crippen molar-refractivity contribution in [3.8, 4) is 5.75 Å². The number of likely N-dealkylation sites (tertiary alicyclic amines) is 1. The van der Waals surface area contributed by atoms with Gasteiger partial charge in [0.2, 0.25) is 5.91 Å². The van der Waals surface area contributed by atoms with E-state index in [4.69, 9.17) is 4.74 Å². The first-order valence-corrected chi connectivity index (χ1v) is 10.1. The van der Waals surface area contributed by atoms with Crippen LogP contribution in [0, 0.1) is 0 Å². The number of nitrogens with zero attached hydrogens (tertiary/aromatic N) is 2. The lowest BCUT2D eigenvalue weighted by Gasteiger charge is -2.26. The molecule has 0 bridgehead atoms. The Morgan fingerprint density at radius 1 is 1.19 bits per heavy atom. The van der Waals surface area contributed by atoms with Crippen LogP contribution in [0.1, 0.15) is 51.0 Å². The van der Waals surface area contributed by atoms with Gasteiger partial charge in [0.1, 0.15) is 12.3 Å². The second-order valence-electron chi connectivity index (χ2n) is 7.03. The van der Waals surface area contributed by atoms with E-state index in [0.29, 0.717) is 11.9 Å². The van der Waals surface area contributed by atoms with Crippen LogP contribution in [-0.4, -0.2) is 56.6 Å². The molecule has 0 radical (unpaired) electrons. The van der Waals surface area contributed by atoms with Gasteiger partial charge in [-0.2, -0.15) is 0 Å². The van der Waals surface area contributed by atoms with Crippen molar-refractivity contribution in [3.63, 3.8) is 0 Å². The quantitative estimate of drug-likeness (QED) is 0.542. The van der Waals surface area contributed by atoms with Gasteiger partial charge in [-0.3, -0.25) is 4.79 Å². The van der Waals surface area contributed by atoms with Crippen molar-refractivity contribution in [1.82, 2.24) is 15.5 Å². The van der Waals surface area contributed by atoms with Gasteiger partial charge < -0.3 is 20.3 Å². The summed E-state index contributed by atoms with van der Waals surface area (Å²) >= 11 is 0. The number of nitrogens with one attached hydrogen (secondary N) is 2. The molecule has 1 aromatic carbocycles. The number of carbonyl (C=O) groups is 1. The lowest BCUT2D eigenvalue weighted by Crippen LogP contribution is -2.40. The fourth-order valence-electron chi connectivity index (χ4n) is 3.24. The summed E-state index contributed by atoms with van der Waals surface area (Å²) in [5, 5.41) is 6.57. The third-order valence-corrected chi connectivity index (χ3v) is 4.98. The highest BCUT2D eigenvalue weighted by molar-refractivity contribution is 5.85. The minimum absolute atomic E-state index is 0.124. The van der Waals surface area contributed by atoms with Gasteiger partial charge in [0.25, 0.3) is 0 Å². The van der Waals surface area contributed by atoms with Gasteiger partial charge in [-0.25, -0.2) is 4.99 Å². The van der Waals surface area contributed by atoms with Crippen LogP contribution < -0.4 is 15.4 Å². The van der Waals surface area contributed by atoms with Gasteiger partial charge in [0.05, 0.1) is 7.11 Å². The van der Waals surface area contributed by atoms with Crippen molar-refractivity contribution in [2.45, 2.75) is 45.4 Å². The highest BCUT2D eigenvalue weighted by Crippen LogP contribution is 2.21. The Balaban J connectivity index is 1.79. The zero-order valence-electron chi connectivity index (χ0n) is 17.0. The molecule has 6 nitrogen and oxygen atoms in total. The van der Waals surface area contributed by atoms with Crippen molar-refractivity contribution < 1.29 is 9.53 Å².